The monoisotopic (exact) mass is 271 g/mol. The fourth-order valence-corrected chi connectivity index (χ4v) is 2.43. The SMILES string of the molecule is Cc1ccsc1C(=O)Nc1cccc(C#CCO)c1. The van der Waals surface area contributed by atoms with Crippen molar-refractivity contribution in [2.75, 3.05) is 11.9 Å². The van der Waals surface area contributed by atoms with E-state index < -0.39 is 0 Å². The second kappa shape index (κ2) is 6.19. The number of aliphatic hydroxyl groups is 1. The Bertz CT molecular complexity index is 649. The van der Waals surface area contributed by atoms with Crippen molar-refractivity contribution in [2.24, 2.45) is 0 Å². The van der Waals surface area contributed by atoms with Crippen LogP contribution < -0.4 is 5.32 Å². The summed E-state index contributed by atoms with van der Waals surface area (Å²) < 4.78 is 0. The highest BCUT2D eigenvalue weighted by Crippen LogP contribution is 2.18. The van der Waals surface area contributed by atoms with Gasteiger partial charge in [-0.1, -0.05) is 17.9 Å². The van der Waals surface area contributed by atoms with Gasteiger partial charge >= 0.3 is 0 Å². The van der Waals surface area contributed by atoms with E-state index in [4.69, 9.17) is 5.11 Å². The fourth-order valence-electron chi connectivity index (χ4n) is 1.61. The molecule has 0 radical (unpaired) electrons. The third-order valence-corrected chi connectivity index (χ3v) is 3.52. The van der Waals surface area contributed by atoms with E-state index in [0.717, 1.165) is 11.1 Å². The Balaban J connectivity index is 2.15. The van der Waals surface area contributed by atoms with E-state index in [0.29, 0.717) is 10.6 Å². The zero-order chi connectivity index (χ0) is 13.7. The molecule has 1 amide bonds. The van der Waals surface area contributed by atoms with E-state index in [1.165, 1.54) is 11.3 Å². The van der Waals surface area contributed by atoms with Crippen LogP contribution in [0.1, 0.15) is 20.8 Å². The van der Waals surface area contributed by atoms with Gasteiger partial charge in [0.05, 0.1) is 4.88 Å². The molecular weight excluding hydrogens is 258 g/mol. The number of hydrogen-bond donors (Lipinski definition) is 2. The van der Waals surface area contributed by atoms with Gasteiger partial charge in [-0.05, 0) is 42.1 Å². The summed E-state index contributed by atoms with van der Waals surface area (Å²) >= 11 is 1.42. The smallest absolute Gasteiger partial charge is 0.265 e. The number of anilines is 1. The Hall–Kier alpha value is -2.09. The summed E-state index contributed by atoms with van der Waals surface area (Å²) in [5.41, 5.74) is 2.43. The molecule has 0 aliphatic carbocycles. The van der Waals surface area contributed by atoms with Gasteiger partial charge in [0.15, 0.2) is 0 Å². The van der Waals surface area contributed by atoms with E-state index in [1.54, 1.807) is 6.07 Å². The Morgan fingerprint density at radius 3 is 2.95 bits per heavy atom. The first-order valence-corrected chi connectivity index (χ1v) is 6.64. The van der Waals surface area contributed by atoms with Gasteiger partial charge in [0.2, 0.25) is 0 Å². The molecule has 0 aliphatic rings. The molecule has 0 saturated carbocycles. The zero-order valence-electron chi connectivity index (χ0n) is 10.4. The molecule has 2 N–H and O–H groups in total. The van der Waals surface area contributed by atoms with Crippen LogP contribution in [-0.2, 0) is 0 Å². The van der Waals surface area contributed by atoms with Crippen molar-refractivity contribution in [3.05, 3.63) is 51.7 Å². The van der Waals surface area contributed by atoms with Crippen molar-refractivity contribution in [3.63, 3.8) is 0 Å². The van der Waals surface area contributed by atoms with Crippen molar-refractivity contribution in [1.29, 1.82) is 0 Å². The van der Waals surface area contributed by atoms with Gasteiger partial charge in [-0.2, -0.15) is 0 Å². The molecule has 4 heteroatoms. The molecule has 0 aliphatic heterocycles. The first kappa shape index (κ1) is 13.3. The molecule has 0 atom stereocenters. The summed E-state index contributed by atoms with van der Waals surface area (Å²) in [4.78, 5) is 12.8. The first-order valence-electron chi connectivity index (χ1n) is 5.76. The Kier molecular flexibility index (Phi) is 4.35. The second-order valence-corrected chi connectivity index (χ2v) is 4.84. The van der Waals surface area contributed by atoms with Crippen LogP contribution in [-0.4, -0.2) is 17.6 Å². The lowest BCUT2D eigenvalue weighted by Gasteiger charge is -2.04. The maximum absolute atomic E-state index is 12.0. The van der Waals surface area contributed by atoms with Gasteiger partial charge in [0.25, 0.3) is 5.91 Å². The van der Waals surface area contributed by atoms with Crippen molar-refractivity contribution in [3.8, 4) is 11.8 Å². The number of nitrogens with one attached hydrogen (secondary N) is 1. The topological polar surface area (TPSA) is 49.3 Å². The lowest BCUT2D eigenvalue weighted by Crippen LogP contribution is -2.11. The van der Waals surface area contributed by atoms with Crippen LogP contribution in [0, 0.1) is 18.8 Å². The molecule has 0 fully saturated rings. The van der Waals surface area contributed by atoms with E-state index in [-0.39, 0.29) is 12.5 Å². The molecule has 2 rings (SSSR count). The first-order chi connectivity index (χ1) is 9.20. The van der Waals surface area contributed by atoms with Gasteiger partial charge < -0.3 is 10.4 Å². The Morgan fingerprint density at radius 1 is 1.42 bits per heavy atom. The third kappa shape index (κ3) is 3.44. The summed E-state index contributed by atoms with van der Waals surface area (Å²) in [5.74, 6) is 5.27. The molecule has 0 spiro atoms. The van der Waals surface area contributed by atoms with Crippen LogP contribution in [0.5, 0.6) is 0 Å². The van der Waals surface area contributed by atoms with Crippen molar-refractivity contribution in [1.82, 2.24) is 0 Å². The number of benzene rings is 1. The minimum absolute atomic E-state index is 0.111. The number of carbonyl (C=O) groups excluding carboxylic acids is 1. The highest BCUT2D eigenvalue weighted by atomic mass is 32.1. The highest BCUT2D eigenvalue weighted by molar-refractivity contribution is 7.12. The van der Waals surface area contributed by atoms with Gasteiger partial charge in [-0.3, -0.25) is 4.79 Å². The summed E-state index contributed by atoms with van der Waals surface area (Å²) in [7, 11) is 0. The van der Waals surface area contributed by atoms with Gasteiger partial charge in [-0.25, -0.2) is 0 Å². The number of rotatable bonds is 2. The molecule has 96 valence electrons. The predicted octanol–water partition coefficient (Wildman–Crippen LogP) is 2.65. The molecular formula is C15H13NO2S. The summed E-state index contributed by atoms with van der Waals surface area (Å²) in [6, 6.07) is 9.16. The third-order valence-electron chi connectivity index (χ3n) is 2.50. The van der Waals surface area contributed by atoms with E-state index >= 15 is 0 Å². The van der Waals surface area contributed by atoms with Gasteiger partial charge in [0, 0.05) is 11.3 Å². The quantitative estimate of drug-likeness (QED) is 0.825. The van der Waals surface area contributed by atoms with Crippen molar-refractivity contribution >= 4 is 22.9 Å². The Labute approximate surface area is 115 Å². The van der Waals surface area contributed by atoms with Crippen molar-refractivity contribution < 1.29 is 9.90 Å². The average Bonchev–Trinajstić information content (AvgIpc) is 2.83. The van der Waals surface area contributed by atoms with Crippen LogP contribution in [0.2, 0.25) is 0 Å². The van der Waals surface area contributed by atoms with Gasteiger partial charge in [-0.15, -0.1) is 11.3 Å². The van der Waals surface area contributed by atoms with E-state index in [1.807, 2.05) is 36.6 Å². The lowest BCUT2D eigenvalue weighted by molar-refractivity contribution is 0.103. The number of aryl methyl sites for hydroxylation is 1. The minimum Gasteiger partial charge on any atom is -0.384 e. The summed E-state index contributed by atoms with van der Waals surface area (Å²) in [6.07, 6.45) is 0. The van der Waals surface area contributed by atoms with E-state index in [2.05, 4.69) is 17.2 Å². The average molecular weight is 271 g/mol. The number of carbonyl (C=O) groups is 1. The molecule has 1 aromatic heterocycles. The number of thiophene rings is 1. The van der Waals surface area contributed by atoms with Crippen LogP contribution in [0.15, 0.2) is 35.7 Å². The molecule has 3 nitrogen and oxygen atoms in total. The molecule has 2 aromatic rings. The lowest BCUT2D eigenvalue weighted by atomic mass is 10.2. The fraction of sp³-hybridized carbons (Fsp3) is 0.133. The summed E-state index contributed by atoms with van der Waals surface area (Å²) in [6.45, 7) is 1.74. The van der Waals surface area contributed by atoms with Crippen LogP contribution >= 0.6 is 11.3 Å². The maximum Gasteiger partial charge on any atom is 0.265 e. The predicted molar refractivity (Wildman–Crippen MR) is 77.4 cm³/mol. The number of aliphatic hydroxyl groups excluding tert-OH is 1. The highest BCUT2D eigenvalue weighted by Gasteiger charge is 2.10. The van der Waals surface area contributed by atoms with Crippen LogP contribution in [0.25, 0.3) is 0 Å². The van der Waals surface area contributed by atoms with Crippen LogP contribution in [0.4, 0.5) is 5.69 Å². The zero-order valence-corrected chi connectivity index (χ0v) is 11.3. The molecule has 0 unspecified atom stereocenters. The standard InChI is InChI=1S/C15H13NO2S/c1-11-7-9-19-14(11)15(18)16-13-6-2-4-12(10-13)5-3-8-17/h2,4,6-7,9-10,17H,8H2,1H3,(H,16,18). The molecule has 0 saturated heterocycles. The molecule has 0 bridgehead atoms. The van der Waals surface area contributed by atoms with E-state index in [9.17, 15) is 4.79 Å². The number of amides is 1. The number of hydrogen-bond acceptors (Lipinski definition) is 3. The largest absolute Gasteiger partial charge is 0.384 e. The van der Waals surface area contributed by atoms with Gasteiger partial charge in [0.1, 0.15) is 6.61 Å². The second-order valence-electron chi connectivity index (χ2n) is 3.93. The normalized spacial score (nSPS) is 9.58. The molecule has 1 aromatic carbocycles. The summed E-state index contributed by atoms with van der Waals surface area (Å²) in [5, 5.41) is 13.4. The maximum atomic E-state index is 12.0. The molecule has 1 heterocycles. The minimum atomic E-state index is -0.176. The van der Waals surface area contributed by atoms with Crippen molar-refractivity contribution in [2.45, 2.75) is 6.92 Å². The molecule has 19 heavy (non-hydrogen) atoms. The van der Waals surface area contributed by atoms with Crippen LogP contribution in [0.3, 0.4) is 0 Å². The Morgan fingerprint density at radius 2 is 2.26 bits per heavy atom.